The number of anilines is 3. The van der Waals surface area contributed by atoms with Gasteiger partial charge in [0.25, 0.3) is 0 Å². The van der Waals surface area contributed by atoms with Crippen LogP contribution in [0.25, 0.3) is 22.1 Å². The highest BCUT2D eigenvalue weighted by atomic mass is 35.5. The summed E-state index contributed by atoms with van der Waals surface area (Å²) < 4.78 is 13.7. The molecule has 0 aliphatic carbocycles. The van der Waals surface area contributed by atoms with E-state index in [0.29, 0.717) is 52.5 Å². The first kappa shape index (κ1) is 24.3. The fourth-order valence-corrected chi connectivity index (χ4v) is 4.89. The molecule has 194 valence electrons. The van der Waals surface area contributed by atoms with Gasteiger partial charge >= 0.3 is 0 Å². The molecule has 1 saturated heterocycles. The minimum Gasteiger partial charge on any atom is -0.456 e. The van der Waals surface area contributed by atoms with Crippen LogP contribution in [-0.2, 0) is 11.8 Å². The van der Waals surface area contributed by atoms with E-state index in [2.05, 4.69) is 37.1 Å². The van der Waals surface area contributed by atoms with Crippen molar-refractivity contribution in [2.45, 2.75) is 25.8 Å². The zero-order valence-electron chi connectivity index (χ0n) is 21.1. The van der Waals surface area contributed by atoms with E-state index in [1.165, 1.54) is 6.33 Å². The van der Waals surface area contributed by atoms with Crippen molar-refractivity contribution >= 4 is 51.1 Å². The van der Waals surface area contributed by atoms with Gasteiger partial charge in [-0.1, -0.05) is 24.9 Å². The zero-order chi connectivity index (χ0) is 26.1. The van der Waals surface area contributed by atoms with Crippen LogP contribution in [0.5, 0.6) is 11.5 Å². The van der Waals surface area contributed by atoms with E-state index < -0.39 is 0 Å². The van der Waals surface area contributed by atoms with Crippen molar-refractivity contribution < 1.29 is 9.47 Å². The van der Waals surface area contributed by atoms with Gasteiger partial charge in [0.1, 0.15) is 28.9 Å². The maximum Gasteiger partial charge on any atom is 0.226 e. The van der Waals surface area contributed by atoms with Crippen molar-refractivity contribution in [1.82, 2.24) is 29.5 Å². The quantitative estimate of drug-likeness (QED) is 0.292. The minimum atomic E-state index is 0.247. The molecule has 2 aromatic carbocycles. The number of fused-ring (bicyclic) bond motifs is 2. The molecule has 1 N–H and O–H groups in total. The molecule has 0 unspecified atom stereocenters. The SMILES string of the molecule is CCC[C@H]1COCCN1c1ncc2ncnc(Nc3ccc(Oc4ccc5c(c4)ncn5C)c(Cl)c3)c2n1. The molecular weight excluding hydrogens is 504 g/mol. The summed E-state index contributed by atoms with van der Waals surface area (Å²) in [6.45, 7) is 4.25. The maximum atomic E-state index is 6.60. The molecule has 38 heavy (non-hydrogen) atoms. The number of rotatable bonds is 7. The molecule has 0 radical (unpaired) electrons. The lowest BCUT2D eigenvalue weighted by Gasteiger charge is -2.35. The van der Waals surface area contributed by atoms with E-state index >= 15 is 0 Å². The third-order valence-electron chi connectivity index (χ3n) is 6.59. The number of halogens is 1. The van der Waals surface area contributed by atoms with Crippen LogP contribution in [0.4, 0.5) is 17.5 Å². The molecule has 5 aromatic rings. The molecule has 3 aromatic heterocycles. The highest BCUT2D eigenvalue weighted by Gasteiger charge is 2.25. The molecule has 0 bridgehead atoms. The lowest BCUT2D eigenvalue weighted by Crippen LogP contribution is -2.46. The van der Waals surface area contributed by atoms with Gasteiger partial charge in [0.15, 0.2) is 5.82 Å². The van der Waals surface area contributed by atoms with E-state index in [1.54, 1.807) is 18.6 Å². The average molecular weight is 531 g/mol. The molecular formula is C27H27ClN8O2. The number of benzene rings is 2. The first-order valence-corrected chi connectivity index (χ1v) is 12.9. The molecule has 0 spiro atoms. The Morgan fingerprint density at radius 1 is 1.11 bits per heavy atom. The lowest BCUT2D eigenvalue weighted by atomic mass is 10.1. The largest absolute Gasteiger partial charge is 0.456 e. The molecule has 0 saturated carbocycles. The van der Waals surface area contributed by atoms with E-state index in [4.69, 9.17) is 26.1 Å². The Bertz CT molecular complexity index is 1610. The summed E-state index contributed by atoms with van der Waals surface area (Å²) in [6.07, 6.45) is 7.09. The Balaban J connectivity index is 1.25. The fourth-order valence-electron chi connectivity index (χ4n) is 4.67. The molecule has 11 heteroatoms. The van der Waals surface area contributed by atoms with E-state index in [0.717, 1.165) is 36.1 Å². The predicted molar refractivity (Wildman–Crippen MR) is 148 cm³/mol. The zero-order valence-corrected chi connectivity index (χ0v) is 21.9. The Hall–Kier alpha value is -4.02. The molecule has 10 nitrogen and oxygen atoms in total. The van der Waals surface area contributed by atoms with Gasteiger partial charge in [-0.25, -0.2) is 24.9 Å². The number of nitrogens with one attached hydrogen (secondary N) is 1. The number of morpholine rings is 1. The third kappa shape index (κ3) is 4.80. The number of aromatic nitrogens is 6. The fraction of sp³-hybridized carbons (Fsp3) is 0.296. The second kappa shape index (κ2) is 10.4. The first-order valence-electron chi connectivity index (χ1n) is 12.6. The van der Waals surface area contributed by atoms with Crippen LogP contribution < -0.4 is 15.0 Å². The van der Waals surface area contributed by atoms with Gasteiger partial charge < -0.3 is 24.3 Å². The van der Waals surface area contributed by atoms with E-state index in [-0.39, 0.29) is 6.04 Å². The molecule has 1 aliphatic rings. The summed E-state index contributed by atoms with van der Waals surface area (Å²) in [4.78, 5) is 24.9. The second-order valence-corrected chi connectivity index (χ2v) is 9.62. The van der Waals surface area contributed by atoms with E-state index in [1.807, 2.05) is 41.9 Å². The molecule has 1 atom stereocenters. The van der Waals surface area contributed by atoms with Crippen LogP contribution in [0.15, 0.2) is 55.2 Å². The van der Waals surface area contributed by atoms with Crippen molar-refractivity contribution in [2.75, 3.05) is 30.0 Å². The minimum absolute atomic E-state index is 0.247. The van der Waals surface area contributed by atoms with E-state index in [9.17, 15) is 0 Å². The number of nitrogens with zero attached hydrogens (tertiary/aromatic N) is 7. The van der Waals surface area contributed by atoms with Gasteiger partial charge in [-0.2, -0.15) is 0 Å². The van der Waals surface area contributed by atoms with Gasteiger partial charge in [-0.15, -0.1) is 0 Å². The molecule has 1 fully saturated rings. The topological polar surface area (TPSA) is 103 Å². The number of imidazole rings is 1. The van der Waals surface area contributed by atoms with Crippen LogP contribution in [0, 0.1) is 0 Å². The van der Waals surface area contributed by atoms with Gasteiger partial charge in [0, 0.05) is 25.3 Å². The van der Waals surface area contributed by atoms with Gasteiger partial charge in [0.05, 0.1) is 47.8 Å². The summed E-state index contributed by atoms with van der Waals surface area (Å²) in [5.41, 5.74) is 3.93. The molecule has 4 heterocycles. The van der Waals surface area contributed by atoms with Crippen molar-refractivity contribution in [3.63, 3.8) is 0 Å². The summed E-state index contributed by atoms with van der Waals surface area (Å²) in [5.74, 6) is 2.43. The monoisotopic (exact) mass is 530 g/mol. The lowest BCUT2D eigenvalue weighted by molar-refractivity contribution is 0.0905. The summed E-state index contributed by atoms with van der Waals surface area (Å²) in [6, 6.07) is 11.5. The average Bonchev–Trinajstić information content (AvgIpc) is 3.30. The Morgan fingerprint density at radius 2 is 2.03 bits per heavy atom. The van der Waals surface area contributed by atoms with Crippen molar-refractivity contribution in [3.05, 3.63) is 60.3 Å². The van der Waals surface area contributed by atoms with Crippen LogP contribution in [0.3, 0.4) is 0 Å². The highest BCUT2D eigenvalue weighted by molar-refractivity contribution is 6.32. The van der Waals surface area contributed by atoms with Crippen molar-refractivity contribution in [2.24, 2.45) is 7.05 Å². The number of aryl methyl sites for hydroxylation is 1. The van der Waals surface area contributed by atoms with Crippen LogP contribution in [0.2, 0.25) is 5.02 Å². The van der Waals surface area contributed by atoms with Gasteiger partial charge in [-0.05, 0) is 36.8 Å². The number of hydrogen-bond acceptors (Lipinski definition) is 9. The third-order valence-corrected chi connectivity index (χ3v) is 6.89. The molecule has 1 aliphatic heterocycles. The predicted octanol–water partition coefficient (Wildman–Crippen LogP) is 5.50. The smallest absolute Gasteiger partial charge is 0.226 e. The van der Waals surface area contributed by atoms with Gasteiger partial charge in [-0.3, -0.25) is 0 Å². The Labute approximate surface area is 224 Å². The van der Waals surface area contributed by atoms with Crippen molar-refractivity contribution in [1.29, 1.82) is 0 Å². The van der Waals surface area contributed by atoms with Gasteiger partial charge in [0.2, 0.25) is 5.95 Å². The second-order valence-electron chi connectivity index (χ2n) is 9.22. The summed E-state index contributed by atoms with van der Waals surface area (Å²) in [7, 11) is 1.96. The highest BCUT2D eigenvalue weighted by Crippen LogP contribution is 2.34. The van der Waals surface area contributed by atoms with Crippen LogP contribution in [0.1, 0.15) is 19.8 Å². The summed E-state index contributed by atoms with van der Waals surface area (Å²) in [5, 5.41) is 3.79. The Morgan fingerprint density at radius 3 is 2.89 bits per heavy atom. The molecule has 0 amide bonds. The number of ether oxygens (including phenoxy) is 2. The number of hydrogen-bond donors (Lipinski definition) is 1. The molecule has 6 rings (SSSR count). The first-order chi connectivity index (χ1) is 18.6. The van der Waals surface area contributed by atoms with Crippen molar-refractivity contribution in [3.8, 4) is 11.5 Å². The Kier molecular flexibility index (Phi) is 6.65. The van der Waals surface area contributed by atoms with Crippen LogP contribution >= 0.6 is 11.6 Å². The maximum absolute atomic E-state index is 6.60. The summed E-state index contributed by atoms with van der Waals surface area (Å²) >= 11 is 6.60. The normalized spacial score (nSPS) is 15.8. The van der Waals surface area contributed by atoms with Crippen LogP contribution in [-0.4, -0.2) is 55.3 Å². The standard InChI is InChI=1S/C27H27ClN8O2/c1-3-4-18-14-37-10-9-36(18)27-29-13-22-25(34-27)26(31-15-30-22)33-17-5-8-24(20(28)11-17)38-19-6-7-23-21(12-19)32-16-35(23)2/h5-8,11-13,15-16,18H,3-4,9-10,14H2,1-2H3,(H,30,31,33)/t18-/m0/s1.